The number of carbonyl (C=O) groups excluding carboxylic acids is 1. The van der Waals surface area contributed by atoms with Gasteiger partial charge in [0, 0.05) is 13.7 Å². The fourth-order valence-corrected chi connectivity index (χ4v) is 1.66. The molecule has 1 aromatic rings. The van der Waals surface area contributed by atoms with Crippen molar-refractivity contribution in [2.24, 2.45) is 0 Å². The molecule has 0 saturated carbocycles. The van der Waals surface area contributed by atoms with Gasteiger partial charge in [0.15, 0.2) is 6.10 Å². The van der Waals surface area contributed by atoms with Gasteiger partial charge in [0.1, 0.15) is 5.75 Å². The maximum atomic E-state index is 11.5. The lowest BCUT2D eigenvalue weighted by molar-refractivity contribution is -0.122. The third kappa shape index (κ3) is 2.75. The fourth-order valence-electron chi connectivity index (χ4n) is 1.66. The van der Waals surface area contributed by atoms with Gasteiger partial charge in [-0.05, 0) is 24.6 Å². The van der Waals surface area contributed by atoms with Gasteiger partial charge in [0.25, 0.3) is 5.91 Å². The standard InChI is InChI=1S/C12H16N2O3/c1-8-12(15)14-10-5-9(6-13-7-16-2)3-4-11(10)17-8/h3-5,8,13H,6-7H2,1-2H3,(H,14,15). The van der Waals surface area contributed by atoms with Crippen molar-refractivity contribution in [1.29, 1.82) is 0 Å². The Morgan fingerprint density at radius 3 is 3.12 bits per heavy atom. The lowest BCUT2D eigenvalue weighted by Gasteiger charge is -2.23. The van der Waals surface area contributed by atoms with E-state index in [0.29, 0.717) is 19.0 Å². The van der Waals surface area contributed by atoms with E-state index in [1.165, 1.54) is 0 Å². The van der Waals surface area contributed by atoms with E-state index in [1.54, 1.807) is 14.0 Å². The van der Waals surface area contributed by atoms with Gasteiger partial charge in [0.05, 0.1) is 12.4 Å². The summed E-state index contributed by atoms with van der Waals surface area (Å²) in [6.07, 6.45) is -0.431. The highest BCUT2D eigenvalue weighted by molar-refractivity contribution is 5.97. The second-order valence-corrected chi connectivity index (χ2v) is 3.94. The fraction of sp³-hybridized carbons (Fsp3) is 0.417. The summed E-state index contributed by atoms with van der Waals surface area (Å²) >= 11 is 0. The zero-order valence-corrected chi connectivity index (χ0v) is 9.95. The number of fused-ring (bicyclic) bond motifs is 1. The molecule has 0 bridgehead atoms. The first-order chi connectivity index (χ1) is 8.20. The van der Waals surface area contributed by atoms with Crippen LogP contribution in [0.5, 0.6) is 5.75 Å². The molecule has 1 atom stereocenters. The monoisotopic (exact) mass is 236 g/mol. The van der Waals surface area contributed by atoms with Crippen LogP contribution in [0.3, 0.4) is 0 Å². The van der Waals surface area contributed by atoms with E-state index >= 15 is 0 Å². The van der Waals surface area contributed by atoms with Crippen LogP contribution in [0.2, 0.25) is 0 Å². The van der Waals surface area contributed by atoms with Gasteiger partial charge in [-0.25, -0.2) is 0 Å². The lowest BCUT2D eigenvalue weighted by atomic mass is 10.1. The number of amides is 1. The molecule has 2 rings (SSSR count). The molecule has 1 aromatic carbocycles. The number of benzene rings is 1. The minimum absolute atomic E-state index is 0.112. The Kier molecular flexibility index (Phi) is 3.61. The largest absolute Gasteiger partial charge is 0.479 e. The number of methoxy groups -OCH3 is 1. The van der Waals surface area contributed by atoms with Crippen LogP contribution >= 0.6 is 0 Å². The Bertz CT molecular complexity index is 420. The van der Waals surface area contributed by atoms with Gasteiger partial charge in [-0.15, -0.1) is 0 Å². The first kappa shape index (κ1) is 11.9. The van der Waals surface area contributed by atoms with Crippen molar-refractivity contribution >= 4 is 11.6 Å². The summed E-state index contributed by atoms with van der Waals surface area (Å²) in [4.78, 5) is 11.5. The number of anilines is 1. The van der Waals surface area contributed by atoms with E-state index in [0.717, 1.165) is 11.3 Å². The molecule has 0 spiro atoms. The molecule has 17 heavy (non-hydrogen) atoms. The average Bonchev–Trinajstić information content (AvgIpc) is 2.31. The van der Waals surface area contributed by atoms with Crippen molar-refractivity contribution in [2.45, 2.75) is 19.6 Å². The predicted octanol–water partition coefficient (Wildman–Crippen LogP) is 1.10. The quantitative estimate of drug-likeness (QED) is 0.607. The molecule has 0 fully saturated rings. The van der Waals surface area contributed by atoms with Crippen molar-refractivity contribution in [1.82, 2.24) is 5.32 Å². The molecule has 92 valence electrons. The van der Waals surface area contributed by atoms with Crippen LogP contribution in [0.1, 0.15) is 12.5 Å². The summed E-state index contributed by atoms with van der Waals surface area (Å²) in [6, 6.07) is 5.74. The molecule has 1 aliphatic rings. The highest BCUT2D eigenvalue weighted by Crippen LogP contribution is 2.30. The van der Waals surface area contributed by atoms with E-state index in [4.69, 9.17) is 9.47 Å². The summed E-state index contributed by atoms with van der Waals surface area (Å²) in [6.45, 7) is 2.91. The lowest BCUT2D eigenvalue weighted by Crippen LogP contribution is -2.34. The Morgan fingerprint density at radius 1 is 1.53 bits per heavy atom. The van der Waals surface area contributed by atoms with Crippen LogP contribution in [-0.2, 0) is 16.1 Å². The minimum atomic E-state index is -0.431. The SMILES string of the molecule is COCNCc1ccc2c(c1)NC(=O)C(C)O2. The summed E-state index contributed by atoms with van der Waals surface area (Å²) in [7, 11) is 1.63. The Balaban J connectivity index is 2.09. The molecule has 5 heteroatoms. The van der Waals surface area contributed by atoms with Gasteiger partial charge in [-0.3, -0.25) is 10.1 Å². The highest BCUT2D eigenvalue weighted by Gasteiger charge is 2.23. The topological polar surface area (TPSA) is 59.6 Å². The molecule has 1 heterocycles. The molecule has 1 amide bonds. The van der Waals surface area contributed by atoms with Crippen LogP contribution in [0, 0.1) is 0 Å². The van der Waals surface area contributed by atoms with Crippen molar-refractivity contribution in [3.63, 3.8) is 0 Å². The zero-order chi connectivity index (χ0) is 12.3. The van der Waals surface area contributed by atoms with Crippen molar-refractivity contribution < 1.29 is 14.3 Å². The minimum Gasteiger partial charge on any atom is -0.479 e. The third-order valence-corrected chi connectivity index (χ3v) is 2.55. The normalized spacial score (nSPS) is 18.2. The number of nitrogens with one attached hydrogen (secondary N) is 2. The first-order valence-electron chi connectivity index (χ1n) is 5.51. The third-order valence-electron chi connectivity index (χ3n) is 2.55. The van der Waals surface area contributed by atoms with Gasteiger partial charge < -0.3 is 14.8 Å². The van der Waals surface area contributed by atoms with Crippen LogP contribution in [0.25, 0.3) is 0 Å². The van der Waals surface area contributed by atoms with Crippen molar-refractivity contribution in [3.8, 4) is 5.75 Å². The van der Waals surface area contributed by atoms with E-state index in [1.807, 2.05) is 18.2 Å². The van der Waals surface area contributed by atoms with E-state index in [2.05, 4.69) is 10.6 Å². The zero-order valence-electron chi connectivity index (χ0n) is 9.95. The van der Waals surface area contributed by atoms with Crippen LogP contribution < -0.4 is 15.4 Å². The number of carbonyl (C=O) groups is 1. The molecule has 0 radical (unpaired) electrons. The van der Waals surface area contributed by atoms with Crippen molar-refractivity contribution in [2.75, 3.05) is 19.2 Å². The Labute approximate surface area is 100 Å². The van der Waals surface area contributed by atoms with Gasteiger partial charge >= 0.3 is 0 Å². The predicted molar refractivity (Wildman–Crippen MR) is 63.9 cm³/mol. The number of rotatable bonds is 4. The van der Waals surface area contributed by atoms with Gasteiger partial charge in [-0.2, -0.15) is 0 Å². The Hall–Kier alpha value is -1.59. The molecule has 5 nitrogen and oxygen atoms in total. The van der Waals surface area contributed by atoms with Gasteiger partial charge in [-0.1, -0.05) is 6.07 Å². The van der Waals surface area contributed by atoms with Crippen molar-refractivity contribution in [3.05, 3.63) is 23.8 Å². The molecule has 1 aliphatic heterocycles. The van der Waals surface area contributed by atoms with Crippen LogP contribution in [0.15, 0.2) is 18.2 Å². The maximum absolute atomic E-state index is 11.5. The summed E-state index contributed by atoms with van der Waals surface area (Å²) in [5.41, 5.74) is 1.80. The van der Waals surface area contributed by atoms with E-state index in [-0.39, 0.29) is 5.91 Å². The number of hydrogen-bond donors (Lipinski definition) is 2. The summed E-state index contributed by atoms with van der Waals surface area (Å²) in [5, 5.41) is 5.92. The van der Waals surface area contributed by atoms with Crippen LogP contribution in [-0.4, -0.2) is 25.9 Å². The molecule has 2 N–H and O–H groups in total. The molecule has 0 aromatic heterocycles. The van der Waals surface area contributed by atoms with E-state index in [9.17, 15) is 4.79 Å². The highest BCUT2D eigenvalue weighted by atomic mass is 16.5. The van der Waals surface area contributed by atoms with Crippen LogP contribution in [0.4, 0.5) is 5.69 Å². The average molecular weight is 236 g/mol. The smallest absolute Gasteiger partial charge is 0.265 e. The molecular weight excluding hydrogens is 220 g/mol. The first-order valence-corrected chi connectivity index (χ1v) is 5.51. The van der Waals surface area contributed by atoms with E-state index < -0.39 is 6.10 Å². The maximum Gasteiger partial charge on any atom is 0.265 e. The molecule has 0 aliphatic carbocycles. The second kappa shape index (κ2) is 5.16. The summed E-state index contributed by atoms with van der Waals surface area (Å²) in [5.74, 6) is 0.604. The molecule has 1 unspecified atom stereocenters. The summed E-state index contributed by atoms with van der Waals surface area (Å²) < 4.78 is 10.4. The molecule has 0 saturated heterocycles. The van der Waals surface area contributed by atoms with Gasteiger partial charge in [0.2, 0.25) is 0 Å². The number of hydrogen-bond acceptors (Lipinski definition) is 4. The Morgan fingerprint density at radius 2 is 2.35 bits per heavy atom. The second-order valence-electron chi connectivity index (χ2n) is 3.94. The molecular formula is C12H16N2O3. The number of ether oxygens (including phenoxy) is 2.